The Morgan fingerprint density at radius 2 is 1.79 bits per heavy atom. The van der Waals surface area contributed by atoms with Crippen molar-refractivity contribution in [2.45, 2.75) is 13.0 Å². The Kier molecular flexibility index (Phi) is 5.62. The van der Waals surface area contributed by atoms with E-state index in [0.717, 1.165) is 11.0 Å². The molecular weight excluding hydrogens is 392 g/mol. The highest BCUT2D eigenvalue weighted by atomic mass is 35.5. The van der Waals surface area contributed by atoms with E-state index in [1.807, 2.05) is 24.3 Å². The van der Waals surface area contributed by atoms with Gasteiger partial charge in [-0.2, -0.15) is 0 Å². The number of nitrogens with one attached hydrogen (secondary N) is 1. The predicted molar refractivity (Wildman–Crippen MR) is 111 cm³/mol. The van der Waals surface area contributed by atoms with Crippen LogP contribution in [0.25, 0.3) is 11.0 Å². The maximum atomic E-state index is 12.8. The van der Waals surface area contributed by atoms with Crippen molar-refractivity contribution in [1.82, 2.24) is 24.8 Å². The molecule has 0 bridgehead atoms. The number of anilines is 1. The average Bonchev–Trinajstić information content (AvgIpc) is 2.95. The molecule has 3 amide bonds. The van der Waals surface area contributed by atoms with Crippen molar-refractivity contribution in [3.63, 3.8) is 0 Å². The van der Waals surface area contributed by atoms with E-state index in [1.54, 1.807) is 38.7 Å². The number of urea groups is 1. The first-order valence-electron chi connectivity index (χ1n) is 9.48. The van der Waals surface area contributed by atoms with Crippen LogP contribution in [-0.4, -0.2) is 62.9 Å². The molecule has 0 radical (unpaired) electrons. The zero-order valence-electron chi connectivity index (χ0n) is 15.8. The van der Waals surface area contributed by atoms with Crippen molar-refractivity contribution in [2.24, 2.45) is 0 Å². The SMILES string of the molecule is O=C(Cn1nnc2ccccc21)N1CCCN(C(=O)Nc2cccc(Cl)c2)CC1. The Hall–Kier alpha value is -3.13. The zero-order valence-corrected chi connectivity index (χ0v) is 16.5. The molecule has 4 rings (SSSR count). The van der Waals surface area contributed by atoms with Crippen molar-refractivity contribution < 1.29 is 9.59 Å². The lowest BCUT2D eigenvalue weighted by atomic mass is 10.3. The summed E-state index contributed by atoms with van der Waals surface area (Å²) in [6.45, 7) is 2.27. The second kappa shape index (κ2) is 8.48. The highest BCUT2D eigenvalue weighted by molar-refractivity contribution is 6.30. The highest BCUT2D eigenvalue weighted by Crippen LogP contribution is 2.16. The van der Waals surface area contributed by atoms with Crippen LogP contribution in [0.4, 0.5) is 10.5 Å². The van der Waals surface area contributed by atoms with Crippen LogP contribution in [0.3, 0.4) is 0 Å². The summed E-state index contributed by atoms with van der Waals surface area (Å²) in [6.07, 6.45) is 0.715. The van der Waals surface area contributed by atoms with E-state index in [2.05, 4.69) is 15.6 Å². The number of hydrogen-bond donors (Lipinski definition) is 1. The number of fused-ring (bicyclic) bond motifs is 1. The number of amides is 3. The smallest absolute Gasteiger partial charge is 0.321 e. The Bertz CT molecular complexity index is 1040. The summed E-state index contributed by atoms with van der Waals surface area (Å²) in [6, 6.07) is 14.4. The maximum Gasteiger partial charge on any atom is 0.321 e. The highest BCUT2D eigenvalue weighted by Gasteiger charge is 2.23. The minimum atomic E-state index is -0.191. The normalized spacial score (nSPS) is 14.7. The van der Waals surface area contributed by atoms with Gasteiger partial charge in [-0.3, -0.25) is 4.79 Å². The van der Waals surface area contributed by atoms with Crippen LogP contribution < -0.4 is 5.32 Å². The van der Waals surface area contributed by atoms with Gasteiger partial charge in [0, 0.05) is 36.9 Å². The molecule has 0 unspecified atom stereocenters. The zero-order chi connectivity index (χ0) is 20.2. The summed E-state index contributed by atoms with van der Waals surface area (Å²) in [4.78, 5) is 28.8. The lowest BCUT2D eigenvalue weighted by molar-refractivity contribution is -0.131. The molecule has 0 spiro atoms. The second-order valence-corrected chi connectivity index (χ2v) is 7.33. The van der Waals surface area contributed by atoms with Crippen LogP contribution in [0.15, 0.2) is 48.5 Å². The number of carbonyl (C=O) groups excluding carboxylic acids is 2. The molecule has 1 N–H and O–H groups in total. The topological polar surface area (TPSA) is 83.4 Å². The van der Waals surface area contributed by atoms with E-state index in [-0.39, 0.29) is 18.5 Å². The van der Waals surface area contributed by atoms with Gasteiger partial charge in [-0.15, -0.1) is 5.10 Å². The second-order valence-electron chi connectivity index (χ2n) is 6.90. The third-order valence-electron chi connectivity index (χ3n) is 4.92. The Balaban J connectivity index is 1.35. The summed E-state index contributed by atoms with van der Waals surface area (Å²) < 4.78 is 1.62. The van der Waals surface area contributed by atoms with Crippen molar-refractivity contribution in [3.8, 4) is 0 Å². The molecule has 1 aromatic heterocycles. The molecule has 1 aliphatic rings. The van der Waals surface area contributed by atoms with Gasteiger partial charge in [-0.1, -0.05) is 35.0 Å². The monoisotopic (exact) mass is 412 g/mol. The summed E-state index contributed by atoms with van der Waals surface area (Å²) >= 11 is 5.97. The van der Waals surface area contributed by atoms with E-state index in [4.69, 9.17) is 11.6 Å². The minimum absolute atomic E-state index is 0.0299. The molecule has 0 aliphatic carbocycles. The predicted octanol–water partition coefficient (Wildman–Crippen LogP) is 2.85. The van der Waals surface area contributed by atoms with Crippen LogP contribution in [0.1, 0.15) is 6.42 Å². The molecule has 1 saturated heterocycles. The molecule has 9 heteroatoms. The molecule has 150 valence electrons. The summed E-state index contributed by atoms with van der Waals surface area (Å²) in [5.41, 5.74) is 2.25. The number of benzene rings is 2. The van der Waals surface area contributed by atoms with Crippen LogP contribution >= 0.6 is 11.6 Å². The van der Waals surface area contributed by atoms with Crippen molar-refractivity contribution in [1.29, 1.82) is 0 Å². The first-order valence-corrected chi connectivity index (χ1v) is 9.85. The third kappa shape index (κ3) is 4.48. The lowest BCUT2D eigenvalue weighted by Crippen LogP contribution is -2.40. The first-order chi connectivity index (χ1) is 14.1. The fraction of sp³-hybridized carbons (Fsp3) is 0.300. The number of aromatic nitrogens is 3. The van der Waals surface area contributed by atoms with E-state index in [1.165, 1.54) is 0 Å². The van der Waals surface area contributed by atoms with Crippen LogP contribution in [0.2, 0.25) is 5.02 Å². The summed E-state index contributed by atoms with van der Waals surface area (Å²) in [5, 5.41) is 11.6. The maximum absolute atomic E-state index is 12.8. The molecule has 1 fully saturated rings. The molecule has 1 aliphatic heterocycles. The molecule has 2 aromatic carbocycles. The van der Waals surface area contributed by atoms with Gasteiger partial charge in [-0.05, 0) is 36.8 Å². The van der Waals surface area contributed by atoms with Crippen molar-refractivity contribution in [3.05, 3.63) is 53.6 Å². The summed E-state index contributed by atoms with van der Waals surface area (Å²) in [7, 11) is 0. The third-order valence-corrected chi connectivity index (χ3v) is 5.15. The molecular formula is C20H21ClN6O2. The molecule has 0 saturated carbocycles. The Labute approximate surface area is 173 Å². The number of halogens is 1. The number of nitrogens with zero attached hydrogens (tertiary/aromatic N) is 5. The molecule has 0 atom stereocenters. The Morgan fingerprint density at radius 3 is 2.66 bits per heavy atom. The van der Waals surface area contributed by atoms with Gasteiger partial charge in [0.25, 0.3) is 0 Å². The van der Waals surface area contributed by atoms with E-state index in [9.17, 15) is 9.59 Å². The first kappa shape index (κ1) is 19.2. The molecule has 8 nitrogen and oxygen atoms in total. The molecule has 3 aromatic rings. The van der Waals surface area contributed by atoms with Gasteiger partial charge in [-0.25, -0.2) is 9.48 Å². The van der Waals surface area contributed by atoms with Gasteiger partial charge in [0.1, 0.15) is 12.1 Å². The summed E-state index contributed by atoms with van der Waals surface area (Å²) in [5.74, 6) is -0.0299. The largest absolute Gasteiger partial charge is 0.339 e. The number of para-hydroxylation sites is 1. The van der Waals surface area contributed by atoms with E-state index in [0.29, 0.717) is 43.3 Å². The van der Waals surface area contributed by atoms with Crippen LogP contribution in [0, 0.1) is 0 Å². The van der Waals surface area contributed by atoms with Crippen LogP contribution in [-0.2, 0) is 11.3 Å². The van der Waals surface area contributed by atoms with E-state index < -0.39 is 0 Å². The van der Waals surface area contributed by atoms with Crippen LogP contribution in [0.5, 0.6) is 0 Å². The van der Waals surface area contributed by atoms with Gasteiger partial charge in [0.15, 0.2) is 0 Å². The van der Waals surface area contributed by atoms with Gasteiger partial charge in [0.05, 0.1) is 5.52 Å². The minimum Gasteiger partial charge on any atom is -0.339 e. The standard InChI is InChI=1S/C20H21ClN6O2/c21-15-5-3-6-16(13-15)22-20(29)26-10-4-9-25(11-12-26)19(28)14-27-18-8-2-1-7-17(18)23-24-27/h1-3,5-8,13H,4,9-12,14H2,(H,22,29). The quantitative estimate of drug-likeness (QED) is 0.717. The average molecular weight is 413 g/mol. The molecule has 29 heavy (non-hydrogen) atoms. The van der Waals surface area contributed by atoms with Crippen molar-refractivity contribution >= 4 is 40.3 Å². The lowest BCUT2D eigenvalue weighted by Gasteiger charge is -2.22. The fourth-order valence-corrected chi connectivity index (χ4v) is 3.59. The van der Waals surface area contributed by atoms with Gasteiger partial charge < -0.3 is 15.1 Å². The Morgan fingerprint density at radius 1 is 1.00 bits per heavy atom. The number of carbonyl (C=O) groups is 2. The molecule has 2 heterocycles. The van der Waals surface area contributed by atoms with Gasteiger partial charge in [0.2, 0.25) is 5.91 Å². The van der Waals surface area contributed by atoms with Crippen molar-refractivity contribution in [2.75, 3.05) is 31.5 Å². The van der Waals surface area contributed by atoms with E-state index >= 15 is 0 Å². The number of rotatable bonds is 3. The number of hydrogen-bond acceptors (Lipinski definition) is 4. The van der Waals surface area contributed by atoms with Gasteiger partial charge >= 0.3 is 6.03 Å². The fourth-order valence-electron chi connectivity index (χ4n) is 3.40.